The third-order valence-electron chi connectivity index (χ3n) is 2.76. The van der Waals surface area contributed by atoms with Crippen LogP contribution in [-0.2, 0) is 0 Å². The van der Waals surface area contributed by atoms with Crippen LogP contribution in [0.25, 0.3) is 10.6 Å². The first kappa shape index (κ1) is 13.5. The Bertz CT molecular complexity index is 493. The molecule has 1 atom stereocenters. The number of hydrogen-bond acceptors (Lipinski definition) is 3. The van der Waals surface area contributed by atoms with Crippen LogP contribution in [0.1, 0.15) is 32.0 Å². The summed E-state index contributed by atoms with van der Waals surface area (Å²) in [5, 5.41) is 7.37. The molecule has 0 saturated carbocycles. The molecule has 2 aromatic rings. The summed E-state index contributed by atoms with van der Waals surface area (Å²) < 4.78 is 0. The molecular formula is C14H17ClN2S. The number of aromatic nitrogens is 1. The number of nitrogens with one attached hydrogen (secondary N) is 1. The second-order valence-electron chi connectivity index (χ2n) is 4.26. The van der Waals surface area contributed by atoms with Crippen LogP contribution < -0.4 is 5.32 Å². The minimum absolute atomic E-state index is 0.308. The molecule has 0 bridgehead atoms. The van der Waals surface area contributed by atoms with E-state index in [0.717, 1.165) is 34.3 Å². The highest BCUT2D eigenvalue weighted by molar-refractivity contribution is 7.13. The van der Waals surface area contributed by atoms with Crippen molar-refractivity contribution in [1.29, 1.82) is 0 Å². The predicted molar refractivity (Wildman–Crippen MR) is 79.3 cm³/mol. The Hall–Kier alpha value is -0.900. The van der Waals surface area contributed by atoms with Gasteiger partial charge in [0.2, 0.25) is 0 Å². The maximum absolute atomic E-state index is 5.88. The van der Waals surface area contributed by atoms with E-state index in [1.54, 1.807) is 11.3 Å². The number of halogens is 1. The zero-order valence-electron chi connectivity index (χ0n) is 10.6. The zero-order valence-corrected chi connectivity index (χ0v) is 12.2. The highest BCUT2D eigenvalue weighted by atomic mass is 35.5. The molecule has 0 aliphatic heterocycles. The van der Waals surface area contributed by atoms with Gasteiger partial charge in [0.1, 0.15) is 5.01 Å². The maximum Gasteiger partial charge on any atom is 0.123 e. The molecule has 2 rings (SSSR count). The van der Waals surface area contributed by atoms with E-state index < -0.39 is 0 Å². The van der Waals surface area contributed by atoms with Gasteiger partial charge in [-0.25, -0.2) is 4.98 Å². The molecule has 4 heteroatoms. The Morgan fingerprint density at radius 3 is 2.72 bits per heavy atom. The molecule has 0 spiro atoms. The molecule has 0 amide bonds. The third kappa shape index (κ3) is 3.31. The SMILES string of the molecule is CCCNC(C)c1csc(-c2ccc(Cl)cc2)n1. The van der Waals surface area contributed by atoms with Crippen molar-refractivity contribution in [3.05, 3.63) is 40.4 Å². The van der Waals surface area contributed by atoms with Crippen molar-refractivity contribution >= 4 is 22.9 Å². The molecule has 1 aromatic heterocycles. The number of hydrogen-bond donors (Lipinski definition) is 1. The molecule has 0 aliphatic carbocycles. The summed E-state index contributed by atoms with van der Waals surface area (Å²) in [5.41, 5.74) is 2.23. The van der Waals surface area contributed by atoms with Gasteiger partial charge in [-0.3, -0.25) is 0 Å². The summed E-state index contributed by atoms with van der Waals surface area (Å²) in [4.78, 5) is 4.68. The van der Waals surface area contributed by atoms with Gasteiger partial charge in [0, 0.05) is 22.0 Å². The Morgan fingerprint density at radius 1 is 1.33 bits per heavy atom. The third-order valence-corrected chi connectivity index (χ3v) is 3.92. The zero-order chi connectivity index (χ0) is 13.0. The summed E-state index contributed by atoms with van der Waals surface area (Å²) in [6, 6.07) is 8.12. The van der Waals surface area contributed by atoms with E-state index in [-0.39, 0.29) is 0 Å². The van der Waals surface area contributed by atoms with Crippen LogP contribution in [0.5, 0.6) is 0 Å². The first-order chi connectivity index (χ1) is 8.70. The second kappa shape index (κ2) is 6.32. The lowest BCUT2D eigenvalue weighted by atomic mass is 10.2. The highest BCUT2D eigenvalue weighted by Gasteiger charge is 2.10. The van der Waals surface area contributed by atoms with Gasteiger partial charge in [0.15, 0.2) is 0 Å². The quantitative estimate of drug-likeness (QED) is 0.871. The van der Waals surface area contributed by atoms with Crippen molar-refractivity contribution in [3.63, 3.8) is 0 Å². The van der Waals surface area contributed by atoms with Gasteiger partial charge in [-0.05, 0) is 32.0 Å². The van der Waals surface area contributed by atoms with Crippen LogP contribution in [0.2, 0.25) is 5.02 Å². The topological polar surface area (TPSA) is 24.9 Å². The average Bonchev–Trinajstić information content (AvgIpc) is 2.86. The molecule has 1 N–H and O–H groups in total. The highest BCUT2D eigenvalue weighted by Crippen LogP contribution is 2.27. The van der Waals surface area contributed by atoms with Crippen molar-refractivity contribution in [3.8, 4) is 10.6 Å². The van der Waals surface area contributed by atoms with Crippen molar-refractivity contribution in [2.24, 2.45) is 0 Å². The van der Waals surface area contributed by atoms with Crippen molar-refractivity contribution in [2.75, 3.05) is 6.54 Å². The first-order valence-electron chi connectivity index (χ1n) is 6.15. The molecule has 1 heterocycles. The minimum atomic E-state index is 0.308. The van der Waals surface area contributed by atoms with Crippen molar-refractivity contribution < 1.29 is 0 Å². The van der Waals surface area contributed by atoms with Gasteiger partial charge < -0.3 is 5.32 Å². The summed E-state index contributed by atoms with van der Waals surface area (Å²) in [6.45, 7) is 5.34. The lowest BCUT2D eigenvalue weighted by Crippen LogP contribution is -2.19. The van der Waals surface area contributed by atoms with E-state index in [2.05, 4.69) is 29.5 Å². The van der Waals surface area contributed by atoms with E-state index in [1.807, 2.05) is 24.3 Å². The largest absolute Gasteiger partial charge is 0.309 e. The van der Waals surface area contributed by atoms with Crippen LogP contribution in [0.4, 0.5) is 0 Å². The fraction of sp³-hybridized carbons (Fsp3) is 0.357. The van der Waals surface area contributed by atoms with Crippen LogP contribution in [0.15, 0.2) is 29.6 Å². The van der Waals surface area contributed by atoms with Gasteiger partial charge in [0.25, 0.3) is 0 Å². The van der Waals surface area contributed by atoms with Crippen molar-refractivity contribution in [1.82, 2.24) is 10.3 Å². The summed E-state index contributed by atoms with van der Waals surface area (Å²) in [6.07, 6.45) is 1.14. The van der Waals surface area contributed by atoms with E-state index in [0.29, 0.717) is 6.04 Å². The van der Waals surface area contributed by atoms with Crippen molar-refractivity contribution in [2.45, 2.75) is 26.3 Å². The molecular weight excluding hydrogens is 264 g/mol. The summed E-state index contributed by atoms with van der Waals surface area (Å²) in [5.74, 6) is 0. The van der Waals surface area contributed by atoms with Gasteiger partial charge >= 0.3 is 0 Å². The lowest BCUT2D eigenvalue weighted by Gasteiger charge is -2.09. The van der Waals surface area contributed by atoms with E-state index in [4.69, 9.17) is 11.6 Å². The van der Waals surface area contributed by atoms with Crippen LogP contribution in [0.3, 0.4) is 0 Å². The second-order valence-corrected chi connectivity index (χ2v) is 5.55. The molecule has 96 valence electrons. The molecule has 18 heavy (non-hydrogen) atoms. The lowest BCUT2D eigenvalue weighted by molar-refractivity contribution is 0.561. The smallest absolute Gasteiger partial charge is 0.123 e. The molecule has 0 aliphatic rings. The van der Waals surface area contributed by atoms with Gasteiger partial charge in [-0.1, -0.05) is 30.7 Å². The number of thiazole rings is 1. The normalized spacial score (nSPS) is 12.6. The average molecular weight is 281 g/mol. The van der Waals surface area contributed by atoms with E-state index in [9.17, 15) is 0 Å². The predicted octanol–water partition coefficient (Wildman–Crippen LogP) is 4.52. The van der Waals surface area contributed by atoms with Gasteiger partial charge in [0.05, 0.1) is 5.69 Å². The van der Waals surface area contributed by atoms with Crippen LogP contribution in [-0.4, -0.2) is 11.5 Å². The summed E-state index contributed by atoms with van der Waals surface area (Å²) >= 11 is 7.56. The van der Waals surface area contributed by atoms with E-state index >= 15 is 0 Å². The standard InChI is InChI=1S/C14H17ClN2S/c1-3-8-16-10(2)13-9-18-14(17-13)11-4-6-12(15)7-5-11/h4-7,9-10,16H,3,8H2,1-2H3. The van der Waals surface area contributed by atoms with Gasteiger partial charge in [-0.15, -0.1) is 11.3 Å². The minimum Gasteiger partial charge on any atom is -0.309 e. The molecule has 1 unspecified atom stereocenters. The van der Waals surface area contributed by atoms with E-state index in [1.165, 1.54) is 0 Å². The first-order valence-corrected chi connectivity index (χ1v) is 7.41. The molecule has 0 radical (unpaired) electrons. The number of nitrogens with zero attached hydrogens (tertiary/aromatic N) is 1. The van der Waals surface area contributed by atoms with Gasteiger partial charge in [-0.2, -0.15) is 0 Å². The molecule has 1 aromatic carbocycles. The Labute approximate surface area is 117 Å². The fourth-order valence-corrected chi connectivity index (χ4v) is 2.72. The Morgan fingerprint density at radius 2 is 2.06 bits per heavy atom. The Balaban J connectivity index is 2.12. The van der Waals surface area contributed by atoms with Crippen LogP contribution >= 0.6 is 22.9 Å². The van der Waals surface area contributed by atoms with Crippen LogP contribution in [0, 0.1) is 0 Å². The summed E-state index contributed by atoms with van der Waals surface area (Å²) in [7, 11) is 0. The molecule has 0 saturated heterocycles. The number of benzene rings is 1. The molecule has 0 fully saturated rings. The Kier molecular flexibility index (Phi) is 4.75. The fourth-order valence-electron chi connectivity index (χ4n) is 1.68. The maximum atomic E-state index is 5.88. The number of rotatable bonds is 5. The molecule has 2 nitrogen and oxygen atoms in total. The monoisotopic (exact) mass is 280 g/mol.